The molecule has 120 valence electrons. The Morgan fingerprint density at radius 2 is 1.91 bits per heavy atom. The lowest BCUT2D eigenvalue weighted by atomic mass is 9.99. The second-order valence-electron chi connectivity index (χ2n) is 6.36. The molecule has 0 aliphatic carbocycles. The largest absolute Gasteiger partial charge is 0.339 e. The van der Waals surface area contributed by atoms with E-state index < -0.39 is 0 Å². The van der Waals surface area contributed by atoms with Crippen LogP contribution in [0.1, 0.15) is 48.2 Å². The minimum absolute atomic E-state index is 0.120. The van der Waals surface area contributed by atoms with Crippen LogP contribution in [0.4, 0.5) is 0 Å². The average molecular weight is 302 g/mol. The zero-order valence-corrected chi connectivity index (χ0v) is 13.2. The molecule has 1 aromatic rings. The second-order valence-corrected chi connectivity index (χ2v) is 6.36. The molecule has 0 spiro atoms. The summed E-state index contributed by atoms with van der Waals surface area (Å²) in [4.78, 5) is 21.4. The lowest BCUT2D eigenvalue weighted by molar-refractivity contribution is 0.0589. The van der Waals surface area contributed by atoms with Gasteiger partial charge in [0.15, 0.2) is 0 Å². The smallest absolute Gasteiger partial charge is 0.253 e. The van der Waals surface area contributed by atoms with Gasteiger partial charge >= 0.3 is 0 Å². The van der Waals surface area contributed by atoms with Gasteiger partial charge in [-0.3, -0.25) is 9.78 Å². The molecule has 5 heteroatoms. The molecule has 3 rings (SSSR count). The number of piperidine rings is 2. The van der Waals surface area contributed by atoms with Crippen LogP contribution in [0.25, 0.3) is 0 Å². The first-order valence-electron chi connectivity index (χ1n) is 8.46. The molecule has 1 amide bonds. The number of rotatable bonds is 3. The number of hydrogen-bond donors (Lipinski definition) is 1. The van der Waals surface area contributed by atoms with Crippen LogP contribution in [0, 0.1) is 0 Å². The summed E-state index contributed by atoms with van der Waals surface area (Å²) in [7, 11) is 0. The number of nitrogens with two attached hydrogens (primary N) is 1. The van der Waals surface area contributed by atoms with Crippen molar-refractivity contribution in [1.82, 2.24) is 14.8 Å². The Labute approximate surface area is 132 Å². The second kappa shape index (κ2) is 7.20. The molecule has 5 nitrogen and oxygen atoms in total. The third kappa shape index (κ3) is 3.47. The van der Waals surface area contributed by atoms with Gasteiger partial charge in [-0.25, -0.2) is 0 Å². The van der Waals surface area contributed by atoms with Crippen molar-refractivity contribution in [3.05, 3.63) is 29.6 Å². The molecule has 0 saturated carbocycles. The third-order valence-corrected chi connectivity index (χ3v) is 4.93. The Bertz CT molecular complexity index is 505. The molecular weight excluding hydrogens is 276 g/mol. The van der Waals surface area contributed by atoms with E-state index in [0.29, 0.717) is 18.2 Å². The molecule has 2 fully saturated rings. The van der Waals surface area contributed by atoms with E-state index in [2.05, 4.69) is 9.88 Å². The van der Waals surface area contributed by atoms with Crippen LogP contribution >= 0.6 is 0 Å². The Hall–Kier alpha value is -1.46. The molecule has 0 radical (unpaired) electrons. The summed E-state index contributed by atoms with van der Waals surface area (Å²) >= 11 is 0. The van der Waals surface area contributed by atoms with Crippen LogP contribution in [0.3, 0.4) is 0 Å². The highest BCUT2D eigenvalue weighted by Crippen LogP contribution is 2.22. The van der Waals surface area contributed by atoms with Gasteiger partial charge in [-0.05, 0) is 50.9 Å². The molecule has 1 aromatic heterocycles. The van der Waals surface area contributed by atoms with Gasteiger partial charge in [0.1, 0.15) is 0 Å². The highest BCUT2D eigenvalue weighted by atomic mass is 16.2. The minimum Gasteiger partial charge on any atom is -0.339 e. The fraction of sp³-hybridized carbons (Fsp3) is 0.647. The topological polar surface area (TPSA) is 62.5 Å². The van der Waals surface area contributed by atoms with Crippen LogP contribution in [-0.2, 0) is 6.54 Å². The zero-order chi connectivity index (χ0) is 15.4. The summed E-state index contributed by atoms with van der Waals surface area (Å²) < 4.78 is 0. The van der Waals surface area contributed by atoms with Crippen molar-refractivity contribution >= 4 is 5.91 Å². The number of likely N-dealkylation sites (tertiary alicyclic amines) is 2. The van der Waals surface area contributed by atoms with Crippen LogP contribution in [-0.4, -0.2) is 52.9 Å². The SMILES string of the molecule is NCc1cc(C(=O)N2CCC(N3CCCCC3)CC2)ccn1. The quantitative estimate of drug-likeness (QED) is 0.922. The van der Waals surface area contributed by atoms with E-state index in [9.17, 15) is 4.79 Å². The van der Waals surface area contributed by atoms with Crippen LogP contribution in [0.2, 0.25) is 0 Å². The van der Waals surface area contributed by atoms with Crippen LogP contribution < -0.4 is 5.73 Å². The molecule has 22 heavy (non-hydrogen) atoms. The molecule has 0 aromatic carbocycles. The predicted octanol–water partition coefficient (Wildman–Crippen LogP) is 1.63. The van der Waals surface area contributed by atoms with Crippen molar-refractivity contribution in [3.63, 3.8) is 0 Å². The van der Waals surface area contributed by atoms with E-state index in [1.807, 2.05) is 11.0 Å². The van der Waals surface area contributed by atoms with Crippen molar-refractivity contribution in [2.75, 3.05) is 26.2 Å². The number of carbonyl (C=O) groups excluding carboxylic acids is 1. The van der Waals surface area contributed by atoms with Crippen molar-refractivity contribution in [2.45, 2.75) is 44.7 Å². The summed E-state index contributed by atoms with van der Waals surface area (Å²) in [6.45, 7) is 4.57. The van der Waals surface area contributed by atoms with Gasteiger partial charge in [0, 0.05) is 37.4 Å². The number of carbonyl (C=O) groups is 1. The average Bonchev–Trinajstić information content (AvgIpc) is 2.62. The highest BCUT2D eigenvalue weighted by Gasteiger charge is 2.28. The molecule has 2 saturated heterocycles. The maximum Gasteiger partial charge on any atom is 0.253 e. The molecule has 2 N–H and O–H groups in total. The number of hydrogen-bond acceptors (Lipinski definition) is 4. The van der Waals surface area contributed by atoms with E-state index in [4.69, 9.17) is 5.73 Å². The first-order chi connectivity index (χ1) is 10.8. The van der Waals surface area contributed by atoms with E-state index >= 15 is 0 Å². The van der Waals surface area contributed by atoms with Gasteiger partial charge in [0.05, 0.1) is 5.69 Å². The Kier molecular flexibility index (Phi) is 5.05. The van der Waals surface area contributed by atoms with Gasteiger partial charge in [-0.15, -0.1) is 0 Å². The van der Waals surface area contributed by atoms with Crippen molar-refractivity contribution < 1.29 is 4.79 Å². The number of amides is 1. The summed E-state index contributed by atoms with van der Waals surface area (Å²) in [5.41, 5.74) is 7.09. The number of aromatic nitrogens is 1. The standard InChI is InChI=1S/C17H26N4O/c18-13-15-12-14(4-7-19-15)17(22)21-10-5-16(6-11-21)20-8-2-1-3-9-20/h4,7,12,16H,1-3,5-6,8-11,13,18H2. The van der Waals surface area contributed by atoms with E-state index in [0.717, 1.165) is 31.6 Å². The van der Waals surface area contributed by atoms with Crippen LogP contribution in [0.15, 0.2) is 18.3 Å². The monoisotopic (exact) mass is 302 g/mol. The van der Waals surface area contributed by atoms with Gasteiger partial charge in [0.25, 0.3) is 5.91 Å². The normalized spacial score (nSPS) is 21.0. The zero-order valence-electron chi connectivity index (χ0n) is 13.2. The first kappa shape index (κ1) is 15.4. The molecule has 2 aliphatic heterocycles. The Morgan fingerprint density at radius 1 is 1.18 bits per heavy atom. The first-order valence-corrected chi connectivity index (χ1v) is 8.46. The van der Waals surface area contributed by atoms with Crippen molar-refractivity contribution in [2.24, 2.45) is 5.73 Å². The molecule has 2 aliphatic rings. The maximum atomic E-state index is 12.6. The van der Waals surface area contributed by atoms with Crippen molar-refractivity contribution in [1.29, 1.82) is 0 Å². The predicted molar refractivity (Wildman–Crippen MR) is 86.5 cm³/mol. The lowest BCUT2D eigenvalue weighted by Gasteiger charge is -2.40. The maximum absolute atomic E-state index is 12.6. The summed E-state index contributed by atoms with van der Waals surface area (Å²) in [6.07, 6.45) is 7.91. The summed E-state index contributed by atoms with van der Waals surface area (Å²) in [5.74, 6) is 0.120. The molecule has 0 atom stereocenters. The Balaban J connectivity index is 1.57. The molecular formula is C17H26N4O. The van der Waals surface area contributed by atoms with Gasteiger partial charge in [0.2, 0.25) is 0 Å². The van der Waals surface area contributed by atoms with Gasteiger partial charge in [-0.1, -0.05) is 6.42 Å². The molecule has 3 heterocycles. The Morgan fingerprint density at radius 3 is 2.59 bits per heavy atom. The minimum atomic E-state index is 0.120. The van der Waals surface area contributed by atoms with Gasteiger partial charge < -0.3 is 15.5 Å². The molecule has 0 bridgehead atoms. The van der Waals surface area contributed by atoms with E-state index in [1.54, 1.807) is 12.3 Å². The number of pyridine rings is 1. The highest BCUT2D eigenvalue weighted by molar-refractivity contribution is 5.94. The van der Waals surface area contributed by atoms with E-state index in [1.165, 1.54) is 32.4 Å². The fourth-order valence-corrected chi connectivity index (χ4v) is 3.62. The lowest BCUT2D eigenvalue weighted by Crippen LogP contribution is -2.48. The van der Waals surface area contributed by atoms with Crippen molar-refractivity contribution in [3.8, 4) is 0 Å². The van der Waals surface area contributed by atoms with Crippen LogP contribution in [0.5, 0.6) is 0 Å². The summed E-state index contributed by atoms with van der Waals surface area (Å²) in [6, 6.07) is 4.28. The summed E-state index contributed by atoms with van der Waals surface area (Å²) in [5, 5.41) is 0. The number of nitrogens with zero attached hydrogens (tertiary/aromatic N) is 3. The van der Waals surface area contributed by atoms with Gasteiger partial charge in [-0.2, -0.15) is 0 Å². The van der Waals surface area contributed by atoms with E-state index in [-0.39, 0.29) is 5.91 Å². The molecule has 0 unspecified atom stereocenters. The third-order valence-electron chi connectivity index (χ3n) is 4.93. The fourth-order valence-electron chi connectivity index (χ4n) is 3.62.